The number of hydrogen-bond donors (Lipinski definition) is 1. The lowest BCUT2D eigenvalue weighted by Crippen LogP contribution is -2.46. The van der Waals surface area contributed by atoms with Crippen LogP contribution >= 0.6 is 11.3 Å². The quantitative estimate of drug-likeness (QED) is 0.456. The summed E-state index contributed by atoms with van der Waals surface area (Å²) in [4.78, 5) is 23.7. The summed E-state index contributed by atoms with van der Waals surface area (Å²) < 4.78 is 5.16. The van der Waals surface area contributed by atoms with Crippen molar-refractivity contribution in [3.63, 3.8) is 0 Å². The molecule has 2 rings (SSSR count). The van der Waals surface area contributed by atoms with Crippen LogP contribution in [0.1, 0.15) is 58.2 Å². The molecule has 27 heavy (non-hydrogen) atoms. The molecule has 2 heterocycles. The maximum atomic E-state index is 11.9. The van der Waals surface area contributed by atoms with Crippen molar-refractivity contribution in [3.05, 3.63) is 16.1 Å². The van der Waals surface area contributed by atoms with E-state index in [1.807, 2.05) is 6.92 Å². The Balaban J connectivity index is 1.89. The van der Waals surface area contributed by atoms with Crippen LogP contribution in [0.5, 0.6) is 0 Å². The monoisotopic (exact) mass is 394 g/mol. The number of aliphatic imine (C=N–C) groups is 1. The maximum absolute atomic E-state index is 11.9. The molecule has 0 aliphatic carbocycles. The number of thiazole rings is 1. The van der Waals surface area contributed by atoms with E-state index in [2.05, 4.69) is 43.3 Å². The summed E-state index contributed by atoms with van der Waals surface area (Å²) in [6.45, 7) is 14.2. The minimum Gasteiger partial charge on any atom is -0.466 e. The van der Waals surface area contributed by atoms with Crippen LogP contribution in [-0.4, -0.2) is 54.6 Å². The van der Waals surface area contributed by atoms with Crippen molar-refractivity contribution in [2.75, 3.05) is 32.8 Å². The number of aromatic nitrogens is 1. The van der Waals surface area contributed by atoms with Crippen molar-refractivity contribution in [1.29, 1.82) is 0 Å². The molecule has 0 spiro atoms. The first-order chi connectivity index (χ1) is 12.8. The number of nitrogens with one attached hydrogen (secondary N) is 1. The van der Waals surface area contributed by atoms with Gasteiger partial charge in [0, 0.05) is 43.4 Å². The SMILES string of the molecule is CCNC(=NCCc1nc(C(C)(C)C)cs1)N1CCC(C(=O)OCC)CC1. The Morgan fingerprint density at radius 2 is 2.07 bits per heavy atom. The summed E-state index contributed by atoms with van der Waals surface area (Å²) in [5.74, 6) is 0.903. The number of hydrogen-bond acceptors (Lipinski definition) is 5. The molecule has 0 aromatic carbocycles. The fraction of sp³-hybridized carbons (Fsp3) is 0.750. The Morgan fingerprint density at radius 1 is 1.37 bits per heavy atom. The first-order valence-corrected chi connectivity index (χ1v) is 10.9. The summed E-state index contributed by atoms with van der Waals surface area (Å²) in [5, 5.41) is 6.68. The molecule has 1 fully saturated rings. The van der Waals surface area contributed by atoms with E-state index in [9.17, 15) is 4.79 Å². The van der Waals surface area contributed by atoms with Crippen LogP contribution in [-0.2, 0) is 21.4 Å². The number of guanidine groups is 1. The second-order valence-electron chi connectivity index (χ2n) is 7.88. The first-order valence-electron chi connectivity index (χ1n) is 10.00. The van der Waals surface area contributed by atoms with Crippen molar-refractivity contribution in [2.45, 2.75) is 59.3 Å². The van der Waals surface area contributed by atoms with Crippen molar-refractivity contribution < 1.29 is 9.53 Å². The molecule has 7 heteroatoms. The zero-order valence-corrected chi connectivity index (χ0v) is 18.2. The Bertz CT molecular complexity index is 628. The lowest BCUT2D eigenvalue weighted by Gasteiger charge is -2.33. The Hall–Kier alpha value is -1.63. The summed E-state index contributed by atoms with van der Waals surface area (Å²) in [5.41, 5.74) is 1.25. The van der Waals surface area contributed by atoms with Gasteiger partial charge >= 0.3 is 5.97 Å². The van der Waals surface area contributed by atoms with Crippen LogP contribution in [0, 0.1) is 5.92 Å². The molecule has 0 unspecified atom stereocenters. The van der Waals surface area contributed by atoms with Gasteiger partial charge in [-0.3, -0.25) is 9.79 Å². The molecule has 6 nitrogen and oxygen atoms in total. The van der Waals surface area contributed by atoms with Gasteiger partial charge in [-0.2, -0.15) is 0 Å². The third-order valence-corrected chi connectivity index (χ3v) is 5.57. The molecule has 0 saturated carbocycles. The zero-order chi connectivity index (χ0) is 19.9. The second kappa shape index (κ2) is 10.1. The van der Waals surface area contributed by atoms with Crippen LogP contribution in [0.25, 0.3) is 0 Å². The lowest BCUT2D eigenvalue weighted by atomic mass is 9.93. The predicted octanol–water partition coefficient (Wildman–Crippen LogP) is 3.22. The molecule has 1 aliphatic heterocycles. The van der Waals surface area contributed by atoms with Gasteiger partial charge in [-0.1, -0.05) is 20.8 Å². The number of carbonyl (C=O) groups is 1. The fourth-order valence-corrected chi connectivity index (χ4v) is 4.05. The Kier molecular flexibility index (Phi) is 8.07. The molecule has 0 radical (unpaired) electrons. The van der Waals surface area contributed by atoms with Gasteiger partial charge in [0.1, 0.15) is 0 Å². The molecule has 1 saturated heterocycles. The normalized spacial score (nSPS) is 16.5. The number of esters is 1. The predicted molar refractivity (Wildman–Crippen MR) is 111 cm³/mol. The van der Waals surface area contributed by atoms with E-state index >= 15 is 0 Å². The topological polar surface area (TPSA) is 66.8 Å². The smallest absolute Gasteiger partial charge is 0.309 e. The molecule has 0 bridgehead atoms. The van der Waals surface area contributed by atoms with Crippen LogP contribution < -0.4 is 5.32 Å². The summed E-state index contributed by atoms with van der Waals surface area (Å²) in [6.07, 6.45) is 2.50. The first kappa shape index (κ1) is 21.7. The molecular formula is C20H34N4O2S. The van der Waals surface area contributed by atoms with E-state index in [0.29, 0.717) is 6.61 Å². The highest BCUT2D eigenvalue weighted by atomic mass is 32.1. The van der Waals surface area contributed by atoms with Gasteiger partial charge in [-0.25, -0.2) is 4.98 Å². The van der Waals surface area contributed by atoms with Gasteiger partial charge in [0.25, 0.3) is 0 Å². The largest absolute Gasteiger partial charge is 0.466 e. The van der Waals surface area contributed by atoms with E-state index in [0.717, 1.165) is 62.1 Å². The minimum atomic E-state index is -0.0579. The van der Waals surface area contributed by atoms with Gasteiger partial charge < -0.3 is 15.0 Å². The number of nitrogens with zero attached hydrogens (tertiary/aromatic N) is 3. The van der Waals surface area contributed by atoms with Gasteiger partial charge in [-0.05, 0) is 26.7 Å². The average molecular weight is 395 g/mol. The third kappa shape index (κ3) is 6.48. The minimum absolute atomic E-state index is 0.0233. The molecule has 0 atom stereocenters. The van der Waals surface area contributed by atoms with Crippen molar-refractivity contribution >= 4 is 23.3 Å². The van der Waals surface area contributed by atoms with E-state index < -0.39 is 0 Å². The van der Waals surface area contributed by atoms with Crippen molar-refractivity contribution in [2.24, 2.45) is 10.9 Å². The molecule has 1 aromatic heterocycles. The summed E-state index contributed by atoms with van der Waals surface area (Å²) in [6, 6.07) is 0. The van der Waals surface area contributed by atoms with Crippen LogP contribution in [0.2, 0.25) is 0 Å². The molecule has 0 amide bonds. The van der Waals surface area contributed by atoms with Gasteiger partial charge in [0.2, 0.25) is 0 Å². The number of likely N-dealkylation sites (tertiary alicyclic amines) is 1. The van der Waals surface area contributed by atoms with Gasteiger partial charge in [-0.15, -0.1) is 11.3 Å². The Labute approximate surface area is 167 Å². The van der Waals surface area contributed by atoms with Crippen LogP contribution in [0.4, 0.5) is 0 Å². The third-order valence-electron chi connectivity index (χ3n) is 4.66. The Morgan fingerprint density at radius 3 is 2.63 bits per heavy atom. The molecule has 1 N–H and O–H groups in total. The molecule has 1 aliphatic rings. The van der Waals surface area contributed by atoms with Crippen LogP contribution in [0.15, 0.2) is 10.4 Å². The number of carbonyl (C=O) groups excluding carboxylic acids is 1. The number of rotatable bonds is 6. The molecule has 1 aromatic rings. The molecule has 152 valence electrons. The van der Waals surface area contributed by atoms with E-state index in [-0.39, 0.29) is 17.3 Å². The lowest BCUT2D eigenvalue weighted by molar-refractivity contribution is -0.149. The van der Waals surface area contributed by atoms with E-state index in [4.69, 9.17) is 14.7 Å². The number of ether oxygens (including phenoxy) is 1. The van der Waals surface area contributed by atoms with Gasteiger partial charge in [0.15, 0.2) is 5.96 Å². The highest BCUT2D eigenvalue weighted by Crippen LogP contribution is 2.24. The highest BCUT2D eigenvalue weighted by Gasteiger charge is 2.27. The summed E-state index contributed by atoms with van der Waals surface area (Å²) in [7, 11) is 0. The zero-order valence-electron chi connectivity index (χ0n) is 17.4. The fourth-order valence-electron chi connectivity index (χ4n) is 3.04. The maximum Gasteiger partial charge on any atom is 0.309 e. The van der Waals surface area contributed by atoms with E-state index in [1.54, 1.807) is 11.3 Å². The van der Waals surface area contributed by atoms with E-state index in [1.165, 1.54) is 0 Å². The summed E-state index contributed by atoms with van der Waals surface area (Å²) >= 11 is 1.72. The second-order valence-corrected chi connectivity index (χ2v) is 8.82. The van der Waals surface area contributed by atoms with Crippen molar-refractivity contribution in [3.8, 4) is 0 Å². The van der Waals surface area contributed by atoms with Crippen molar-refractivity contribution in [1.82, 2.24) is 15.2 Å². The van der Waals surface area contributed by atoms with Gasteiger partial charge in [0.05, 0.1) is 23.2 Å². The van der Waals surface area contributed by atoms with Crippen LogP contribution in [0.3, 0.4) is 0 Å². The standard InChI is InChI=1S/C20H34N4O2S/c1-6-21-19(24-12-9-15(10-13-24)18(25)26-7-2)22-11-8-17-23-16(14-27-17)20(3,4)5/h14-15H,6-13H2,1-5H3,(H,21,22). The number of piperidine rings is 1. The average Bonchev–Trinajstić information content (AvgIpc) is 3.11. The molecular weight excluding hydrogens is 360 g/mol. The highest BCUT2D eigenvalue weighted by molar-refractivity contribution is 7.09.